The van der Waals surface area contributed by atoms with Gasteiger partial charge in [0.2, 0.25) is 0 Å². The molecular formula is C8H12BNO2. The third-order valence-corrected chi connectivity index (χ3v) is 1.79. The lowest BCUT2D eigenvalue weighted by molar-refractivity contribution is 0.425. The Hall–Kier alpha value is -0.865. The Balaban J connectivity index is 3.09. The first-order valence-corrected chi connectivity index (χ1v) is 3.93. The molecule has 0 fully saturated rings. The van der Waals surface area contributed by atoms with Gasteiger partial charge in [-0.25, -0.2) is 0 Å². The molecule has 0 spiro atoms. The summed E-state index contributed by atoms with van der Waals surface area (Å²) in [6.45, 7) is 4.00. The molecule has 1 aromatic heterocycles. The van der Waals surface area contributed by atoms with Crippen molar-refractivity contribution in [1.82, 2.24) is 4.98 Å². The van der Waals surface area contributed by atoms with Gasteiger partial charge in [0.25, 0.3) is 0 Å². The normalized spacial score (nSPS) is 10.4. The predicted octanol–water partition coefficient (Wildman–Crippen LogP) is -0.115. The van der Waals surface area contributed by atoms with Gasteiger partial charge in [-0.05, 0) is 17.5 Å². The van der Waals surface area contributed by atoms with Crippen molar-refractivity contribution in [2.75, 3.05) is 0 Å². The van der Waals surface area contributed by atoms with Crippen LogP contribution in [0, 0.1) is 0 Å². The van der Waals surface area contributed by atoms with Crippen LogP contribution in [0.4, 0.5) is 0 Å². The highest BCUT2D eigenvalue weighted by molar-refractivity contribution is 6.59. The SMILES string of the molecule is CC(C)c1ccncc1B(O)O. The van der Waals surface area contributed by atoms with Crippen LogP contribution in [0.2, 0.25) is 0 Å². The lowest BCUT2D eigenvalue weighted by Gasteiger charge is -2.10. The molecule has 0 saturated heterocycles. The van der Waals surface area contributed by atoms with E-state index in [1.54, 1.807) is 12.3 Å². The molecule has 0 bridgehead atoms. The molecule has 0 unspecified atom stereocenters. The second-order valence-electron chi connectivity index (χ2n) is 3.03. The van der Waals surface area contributed by atoms with Gasteiger partial charge >= 0.3 is 7.12 Å². The van der Waals surface area contributed by atoms with Crippen LogP contribution in [0.1, 0.15) is 25.3 Å². The Morgan fingerprint density at radius 2 is 2.08 bits per heavy atom. The fourth-order valence-corrected chi connectivity index (χ4v) is 1.16. The molecule has 64 valence electrons. The van der Waals surface area contributed by atoms with Gasteiger partial charge in [0.15, 0.2) is 0 Å². The number of nitrogens with zero attached hydrogens (tertiary/aromatic N) is 1. The van der Waals surface area contributed by atoms with E-state index in [2.05, 4.69) is 4.98 Å². The average molecular weight is 165 g/mol. The molecule has 1 rings (SSSR count). The standard InChI is InChI=1S/C8H12BNO2/c1-6(2)7-3-4-10-5-8(7)9(11)12/h3-6,11-12H,1-2H3. The third-order valence-electron chi connectivity index (χ3n) is 1.79. The van der Waals surface area contributed by atoms with Crippen molar-refractivity contribution in [3.05, 3.63) is 24.0 Å². The van der Waals surface area contributed by atoms with Crippen LogP contribution in [0.15, 0.2) is 18.5 Å². The Labute approximate surface area is 72.2 Å². The van der Waals surface area contributed by atoms with E-state index in [9.17, 15) is 0 Å². The van der Waals surface area contributed by atoms with E-state index in [0.717, 1.165) is 5.56 Å². The van der Waals surface area contributed by atoms with E-state index in [1.807, 2.05) is 13.8 Å². The molecule has 0 amide bonds. The van der Waals surface area contributed by atoms with Crippen molar-refractivity contribution in [2.45, 2.75) is 19.8 Å². The van der Waals surface area contributed by atoms with Gasteiger partial charge in [0.05, 0.1) is 0 Å². The van der Waals surface area contributed by atoms with Crippen LogP contribution in [0.3, 0.4) is 0 Å². The molecule has 1 aromatic rings. The molecule has 0 saturated carbocycles. The zero-order valence-electron chi connectivity index (χ0n) is 7.23. The number of aromatic nitrogens is 1. The van der Waals surface area contributed by atoms with Crippen LogP contribution in [-0.4, -0.2) is 22.2 Å². The molecule has 4 heteroatoms. The van der Waals surface area contributed by atoms with E-state index in [0.29, 0.717) is 5.46 Å². The molecule has 0 aliphatic rings. The number of rotatable bonds is 2. The van der Waals surface area contributed by atoms with E-state index < -0.39 is 7.12 Å². The Bertz CT molecular complexity index is 236. The van der Waals surface area contributed by atoms with Gasteiger partial charge < -0.3 is 10.0 Å². The highest BCUT2D eigenvalue weighted by Crippen LogP contribution is 2.10. The van der Waals surface area contributed by atoms with E-state index in [-0.39, 0.29) is 5.92 Å². The average Bonchev–Trinajstić information content (AvgIpc) is 2.04. The van der Waals surface area contributed by atoms with Crippen LogP contribution in [0.25, 0.3) is 0 Å². The summed E-state index contributed by atoms with van der Waals surface area (Å²) in [6.07, 6.45) is 3.14. The first-order chi connectivity index (χ1) is 5.63. The summed E-state index contributed by atoms with van der Waals surface area (Å²) in [4.78, 5) is 3.83. The first-order valence-electron chi connectivity index (χ1n) is 3.93. The summed E-state index contributed by atoms with van der Waals surface area (Å²) in [5.74, 6) is 0.282. The van der Waals surface area contributed by atoms with Crippen LogP contribution >= 0.6 is 0 Å². The largest absolute Gasteiger partial charge is 0.490 e. The van der Waals surface area contributed by atoms with Gasteiger partial charge in [0.1, 0.15) is 0 Å². The maximum atomic E-state index is 8.97. The minimum absolute atomic E-state index is 0.282. The molecule has 12 heavy (non-hydrogen) atoms. The van der Waals surface area contributed by atoms with Crippen molar-refractivity contribution < 1.29 is 10.0 Å². The molecule has 1 heterocycles. The predicted molar refractivity (Wildman–Crippen MR) is 48.2 cm³/mol. The molecule has 0 atom stereocenters. The molecular weight excluding hydrogens is 153 g/mol. The van der Waals surface area contributed by atoms with Gasteiger partial charge in [-0.15, -0.1) is 0 Å². The summed E-state index contributed by atoms with van der Waals surface area (Å²) >= 11 is 0. The number of hydrogen-bond acceptors (Lipinski definition) is 3. The van der Waals surface area contributed by atoms with Crippen LogP contribution in [-0.2, 0) is 0 Å². The van der Waals surface area contributed by atoms with E-state index in [4.69, 9.17) is 10.0 Å². The van der Waals surface area contributed by atoms with Crippen LogP contribution < -0.4 is 5.46 Å². The summed E-state index contributed by atoms with van der Waals surface area (Å²) in [5, 5.41) is 17.9. The summed E-state index contributed by atoms with van der Waals surface area (Å²) in [5.41, 5.74) is 1.42. The number of pyridine rings is 1. The fourth-order valence-electron chi connectivity index (χ4n) is 1.16. The maximum Gasteiger partial charge on any atom is 0.490 e. The molecule has 0 aliphatic carbocycles. The summed E-state index contributed by atoms with van der Waals surface area (Å²) in [6, 6.07) is 1.80. The number of hydrogen-bond donors (Lipinski definition) is 2. The lowest BCUT2D eigenvalue weighted by Crippen LogP contribution is -2.33. The molecule has 0 aliphatic heterocycles. The minimum atomic E-state index is -1.42. The quantitative estimate of drug-likeness (QED) is 0.601. The summed E-state index contributed by atoms with van der Waals surface area (Å²) in [7, 11) is -1.42. The minimum Gasteiger partial charge on any atom is -0.423 e. The van der Waals surface area contributed by atoms with Gasteiger partial charge in [0, 0.05) is 17.9 Å². The van der Waals surface area contributed by atoms with Crippen molar-refractivity contribution in [3.63, 3.8) is 0 Å². The van der Waals surface area contributed by atoms with Crippen molar-refractivity contribution in [1.29, 1.82) is 0 Å². The van der Waals surface area contributed by atoms with Gasteiger partial charge in [-0.2, -0.15) is 0 Å². The fraction of sp³-hybridized carbons (Fsp3) is 0.375. The molecule has 0 aromatic carbocycles. The Morgan fingerprint density at radius 3 is 2.50 bits per heavy atom. The third kappa shape index (κ3) is 1.84. The monoisotopic (exact) mass is 165 g/mol. The topological polar surface area (TPSA) is 53.4 Å². The molecule has 2 N–H and O–H groups in total. The van der Waals surface area contributed by atoms with Crippen molar-refractivity contribution in [2.24, 2.45) is 0 Å². The zero-order valence-corrected chi connectivity index (χ0v) is 7.23. The van der Waals surface area contributed by atoms with Gasteiger partial charge in [-0.1, -0.05) is 13.8 Å². The Kier molecular flexibility index (Phi) is 2.84. The maximum absolute atomic E-state index is 8.97. The smallest absolute Gasteiger partial charge is 0.423 e. The van der Waals surface area contributed by atoms with E-state index in [1.165, 1.54) is 6.20 Å². The second-order valence-corrected chi connectivity index (χ2v) is 3.03. The lowest BCUT2D eigenvalue weighted by atomic mass is 9.76. The second kappa shape index (κ2) is 3.69. The highest BCUT2D eigenvalue weighted by atomic mass is 16.4. The Morgan fingerprint density at radius 1 is 1.42 bits per heavy atom. The summed E-state index contributed by atoms with van der Waals surface area (Å²) < 4.78 is 0. The first kappa shape index (κ1) is 9.22. The van der Waals surface area contributed by atoms with Crippen molar-refractivity contribution in [3.8, 4) is 0 Å². The van der Waals surface area contributed by atoms with Crippen LogP contribution in [0.5, 0.6) is 0 Å². The van der Waals surface area contributed by atoms with Gasteiger partial charge in [-0.3, -0.25) is 4.98 Å². The van der Waals surface area contributed by atoms with Crippen molar-refractivity contribution >= 4 is 12.6 Å². The molecule has 3 nitrogen and oxygen atoms in total. The highest BCUT2D eigenvalue weighted by Gasteiger charge is 2.17. The zero-order chi connectivity index (χ0) is 9.14. The van der Waals surface area contributed by atoms with E-state index >= 15 is 0 Å². The molecule has 0 radical (unpaired) electrons.